The molecule has 0 saturated carbocycles. The highest BCUT2D eigenvalue weighted by atomic mass is 35.5. The highest BCUT2D eigenvalue weighted by molar-refractivity contribution is 6.31. The number of benzene rings is 1. The van der Waals surface area contributed by atoms with E-state index in [-0.39, 0.29) is 0 Å². The zero-order chi connectivity index (χ0) is 15.1. The Balaban J connectivity index is 2.03. The summed E-state index contributed by atoms with van der Waals surface area (Å²) in [6.07, 6.45) is 1.18. The van der Waals surface area contributed by atoms with E-state index in [2.05, 4.69) is 16.3 Å². The van der Waals surface area contributed by atoms with Crippen LogP contribution in [0, 0.1) is 5.92 Å². The molecule has 1 heterocycles. The van der Waals surface area contributed by atoms with Gasteiger partial charge in [0.15, 0.2) is 0 Å². The molecule has 1 unspecified atom stereocenters. The van der Waals surface area contributed by atoms with Gasteiger partial charge in [0.05, 0.1) is 13.2 Å². The number of nitrogens with zero attached hydrogens (tertiary/aromatic N) is 1. The number of hydrogen-bond acceptors (Lipinski definition) is 4. The number of ether oxygens (including phenoxy) is 2. The normalized spacial score (nSPS) is 18.4. The van der Waals surface area contributed by atoms with Gasteiger partial charge in [-0.1, -0.05) is 17.7 Å². The fourth-order valence-corrected chi connectivity index (χ4v) is 3.07. The minimum absolute atomic E-state index is 0.614. The van der Waals surface area contributed by atoms with Gasteiger partial charge in [0.25, 0.3) is 0 Å². The van der Waals surface area contributed by atoms with Crippen LogP contribution < -0.4 is 10.2 Å². The summed E-state index contributed by atoms with van der Waals surface area (Å²) >= 11 is 6.40. The molecule has 0 spiro atoms. The highest BCUT2D eigenvalue weighted by Crippen LogP contribution is 2.31. The number of halogens is 1. The predicted molar refractivity (Wildman–Crippen MR) is 87.2 cm³/mol. The van der Waals surface area contributed by atoms with Crippen molar-refractivity contribution < 1.29 is 9.47 Å². The van der Waals surface area contributed by atoms with E-state index in [0.717, 1.165) is 37.8 Å². The lowest BCUT2D eigenvalue weighted by molar-refractivity contribution is 0.161. The van der Waals surface area contributed by atoms with Crippen LogP contribution in [-0.4, -0.2) is 47.1 Å². The van der Waals surface area contributed by atoms with Crippen LogP contribution >= 0.6 is 11.6 Å². The van der Waals surface area contributed by atoms with Gasteiger partial charge >= 0.3 is 0 Å². The van der Waals surface area contributed by atoms with Crippen LogP contribution in [0.3, 0.4) is 0 Å². The largest absolute Gasteiger partial charge is 0.384 e. The van der Waals surface area contributed by atoms with Crippen molar-refractivity contribution in [1.82, 2.24) is 5.32 Å². The SMILES string of the molecule is COCCNCc1c(Cl)cccc1N1CCC(COC)C1. The smallest absolute Gasteiger partial charge is 0.0587 e. The van der Waals surface area contributed by atoms with Crippen molar-refractivity contribution >= 4 is 17.3 Å². The van der Waals surface area contributed by atoms with Crippen LogP contribution in [0.5, 0.6) is 0 Å². The molecule has 1 aromatic carbocycles. The summed E-state index contributed by atoms with van der Waals surface area (Å²) in [6.45, 7) is 5.24. The molecule has 21 heavy (non-hydrogen) atoms. The minimum Gasteiger partial charge on any atom is -0.384 e. The first-order chi connectivity index (χ1) is 10.3. The maximum atomic E-state index is 6.40. The molecular formula is C16H25ClN2O2. The Morgan fingerprint density at radius 2 is 2.19 bits per heavy atom. The van der Waals surface area contributed by atoms with Crippen molar-refractivity contribution in [2.45, 2.75) is 13.0 Å². The molecule has 1 saturated heterocycles. The molecule has 4 nitrogen and oxygen atoms in total. The number of anilines is 1. The van der Waals surface area contributed by atoms with Crippen molar-refractivity contribution in [3.63, 3.8) is 0 Å². The van der Waals surface area contributed by atoms with E-state index >= 15 is 0 Å². The van der Waals surface area contributed by atoms with E-state index in [1.165, 1.54) is 17.7 Å². The monoisotopic (exact) mass is 312 g/mol. The second-order valence-corrected chi connectivity index (χ2v) is 5.87. The van der Waals surface area contributed by atoms with E-state index in [4.69, 9.17) is 21.1 Å². The average Bonchev–Trinajstić information content (AvgIpc) is 2.94. The molecule has 1 aliphatic rings. The van der Waals surface area contributed by atoms with Gasteiger partial charge in [-0.25, -0.2) is 0 Å². The van der Waals surface area contributed by atoms with E-state index in [9.17, 15) is 0 Å². The third kappa shape index (κ3) is 4.58. The van der Waals surface area contributed by atoms with Crippen molar-refractivity contribution in [3.8, 4) is 0 Å². The zero-order valence-corrected chi connectivity index (χ0v) is 13.7. The summed E-state index contributed by atoms with van der Waals surface area (Å²) in [5, 5.41) is 4.21. The van der Waals surface area contributed by atoms with Gasteiger partial charge in [0, 0.05) is 62.6 Å². The molecule has 1 aliphatic heterocycles. The summed E-state index contributed by atoms with van der Waals surface area (Å²) in [4.78, 5) is 2.42. The van der Waals surface area contributed by atoms with E-state index in [0.29, 0.717) is 12.5 Å². The van der Waals surface area contributed by atoms with Crippen molar-refractivity contribution in [1.29, 1.82) is 0 Å². The Labute approximate surface area is 132 Å². The summed E-state index contributed by atoms with van der Waals surface area (Å²) in [6, 6.07) is 6.15. The molecule has 0 aromatic heterocycles. The standard InChI is InChI=1S/C16H25ClN2O2/c1-20-9-7-18-10-14-15(17)4-3-5-16(14)19-8-6-13(11-19)12-21-2/h3-5,13,18H,6-12H2,1-2H3. The number of nitrogens with one attached hydrogen (secondary N) is 1. The first-order valence-corrected chi connectivity index (χ1v) is 7.85. The van der Waals surface area contributed by atoms with Crippen LogP contribution in [0.15, 0.2) is 18.2 Å². The lowest BCUT2D eigenvalue weighted by Gasteiger charge is -2.23. The Kier molecular flexibility index (Phi) is 6.77. The molecule has 1 aromatic rings. The Bertz CT molecular complexity index is 442. The first kappa shape index (κ1) is 16.6. The summed E-state index contributed by atoms with van der Waals surface area (Å²) in [5.41, 5.74) is 2.42. The fraction of sp³-hybridized carbons (Fsp3) is 0.625. The van der Waals surface area contributed by atoms with Crippen LogP contribution in [-0.2, 0) is 16.0 Å². The lowest BCUT2D eigenvalue weighted by Crippen LogP contribution is -2.25. The average molecular weight is 313 g/mol. The molecule has 0 radical (unpaired) electrons. The summed E-state index contributed by atoms with van der Waals surface area (Å²) in [7, 11) is 3.48. The Hall–Kier alpha value is -0.810. The second kappa shape index (κ2) is 8.59. The molecule has 1 N–H and O–H groups in total. The van der Waals surface area contributed by atoms with Gasteiger partial charge in [0.2, 0.25) is 0 Å². The second-order valence-electron chi connectivity index (χ2n) is 5.46. The molecule has 1 fully saturated rings. The summed E-state index contributed by atoms with van der Waals surface area (Å²) < 4.78 is 10.3. The molecular weight excluding hydrogens is 288 g/mol. The van der Waals surface area contributed by atoms with Crippen molar-refractivity contribution in [3.05, 3.63) is 28.8 Å². The van der Waals surface area contributed by atoms with Gasteiger partial charge < -0.3 is 19.7 Å². The maximum Gasteiger partial charge on any atom is 0.0587 e. The van der Waals surface area contributed by atoms with Gasteiger partial charge in [0.1, 0.15) is 0 Å². The lowest BCUT2D eigenvalue weighted by atomic mass is 10.1. The Morgan fingerprint density at radius 1 is 1.33 bits per heavy atom. The van der Waals surface area contributed by atoms with Gasteiger partial charge in [-0.3, -0.25) is 0 Å². The molecule has 0 amide bonds. The Morgan fingerprint density at radius 3 is 2.95 bits per heavy atom. The van der Waals surface area contributed by atoms with Crippen molar-refractivity contribution in [2.75, 3.05) is 52.0 Å². The number of hydrogen-bond donors (Lipinski definition) is 1. The first-order valence-electron chi connectivity index (χ1n) is 7.47. The topological polar surface area (TPSA) is 33.7 Å². The quantitative estimate of drug-likeness (QED) is 0.748. The van der Waals surface area contributed by atoms with Crippen LogP contribution in [0.2, 0.25) is 5.02 Å². The molecule has 0 aliphatic carbocycles. The zero-order valence-electron chi connectivity index (χ0n) is 12.9. The molecule has 1 atom stereocenters. The molecule has 2 rings (SSSR count). The van der Waals surface area contributed by atoms with Crippen LogP contribution in [0.1, 0.15) is 12.0 Å². The van der Waals surface area contributed by atoms with Gasteiger partial charge in [-0.2, -0.15) is 0 Å². The van der Waals surface area contributed by atoms with Gasteiger partial charge in [-0.05, 0) is 18.6 Å². The van der Waals surface area contributed by atoms with Gasteiger partial charge in [-0.15, -0.1) is 0 Å². The number of methoxy groups -OCH3 is 2. The predicted octanol–water partition coefficient (Wildman–Crippen LogP) is 2.55. The molecule has 0 bridgehead atoms. The third-order valence-electron chi connectivity index (χ3n) is 3.91. The van der Waals surface area contributed by atoms with E-state index in [1.807, 2.05) is 12.1 Å². The van der Waals surface area contributed by atoms with Crippen LogP contribution in [0.4, 0.5) is 5.69 Å². The molecule has 5 heteroatoms. The fourth-order valence-electron chi connectivity index (χ4n) is 2.83. The number of rotatable bonds is 8. The summed E-state index contributed by atoms with van der Waals surface area (Å²) in [5.74, 6) is 0.614. The third-order valence-corrected chi connectivity index (χ3v) is 4.26. The van der Waals surface area contributed by atoms with Crippen LogP contribution in [0.25, 0.3) is 0 Å². The van der Waals surface area contributed by atoms with E-state index < -0.39 is 0 Å². The van der Waals surface area contributed by atoms with Crippen molar-refractivity contribution in [2.24, 2.45) is 5.92 Å². The minimum atomic E-state index is 0.614. The molecule has 118 valence electrons. The maximum absolute atomic E-state index is 6.40. The van der Waals surface area contributed by atoms with E-state index in [1.54, 1.807) is 14.2 Å². The highest BCUT2D eigenvalue weighted by Gasteiger charge is 2.24.